The second-order valence-corrected chi connectivity index (χ2v) is 6.64. The third kappa shape index (κ3) is 4.77. The number of aryl methyl sites for hydroxylation is 2. The zero-order chi connectivity index (χ0) is 21.0. The summed E-state index contributed by atoms with van der Waals surface area (Å²) in [6, 6.07) is 11.8. The van der Waals surface area contributed by atoms with E-state index in [1.165, 1.54) is 12.1 Å². The highest BCUT2D eigenvalue weighted by Gasteiger charge is 2.24. The molecule has 0 radical (unpaired) electrons. The Morgan fingerprint density at radius 1 is 1.07 bits per heavy atom. The molecular weight excluding hydrogens is 396 g/mol. The SMILES string of the molecule is Cc1ccc(Nc2ncnc(NNC(=O)c3ccc(Cl)cc3)c2[N+](=O)[O-])c(C)c1. The quantitative estimate of drug-likeness (QED) is 0.410. The molecule has 0 unspecified atom stereocenters. The van der Waals surface area contributed by atoms with E-state index in [-0.39, 0.29) is 11.6 Å². The zero-order valence-corrected chi connectivity index (χ0v) is 16.3. The van der Waals surface area contributed by atoms with Crippen molar-refractivity contribution in [1.29, 1.82) is 0 Å². The topological polar surface area (TPSA) is 122 Å². The van der Waals surface area contributed by atoms with Crippen molar-refractivity contribution in [3.63, 3.8) is 0 Å². The molecule has 1 heterocycles. The Bertz CT molecular complexity index is 1070. The molecule has 29 heavy (non-hydrogen) atoms. The average molecular weight is 413 g/mol. The summed E-state index contributed by atoms with van der Waals surface area (Å²) >= 11 is 5.80. The van der Waals surface area contributed by atoms with Gasteiger partial charge in [-0.15, -0.1) is 0 Å². The van der Waals surface area contributed by atoms with Gasteiger partial charge in [-0.25, -0.2) is 9.97 Å². The number of hydrogen-bond donors (Lipinski definition) is 3. The van der Waals surface area contributed by atoms with Gasteiger partial charge in [0.1, 0.15) is 6.33 Å². The second kappa shape index (κ2) is 8.53. The lowest BCUT2D eigenvalue weighted by Gasteiger charge is -2.12. The molecule has 3 aromatic rings. The molecule has 0 bridgehead atoms. The molecule has 3 rings (SSSR count). The zero-order valence-electron chi connectivity index (χ0n) is 15.6. The highest BCUT2D eigenvalue weighted by molar-refractivity contribution is 6.30. The van der Waals surface area contributed by atoms with Crippen LogP contribution >= 0.6 is 11.6 Å². The van der Waals surface area contributed by atoms with Gasteiger partial charge >= 0.3 is 5.69 Å². The van der Waals surface area contributed by atoms with E-state index in [0.717, 1.165) is 17.5 Å². The maximum Gasteiger partial charge on any atom is 0.355 e. The van der Waals surface area contributed by atoms with Crippen LogP contribution in [-0.2, 0) is 0 Å². The predicted octanol–water partition coefficient (Wildman–Crippen LogP) is 4.16. The van der Waals surface area contributed by atoms with Crippen molar-refractivity contribution in [2.75, 3.05) is 10.7 Å². The second-order valence-electron chi connectivity index (χ2n) is 6.21. The van der Waals surface area contributed by atoms with Crippen LogP contribution in [0.4, 0.5) is 23.0 Å². The summed E-state index contributed by atoms with van der Waals surface area (Å²) in [6.07, 6.45) is 1.16. The third-order valence-corrected chi connectivity index (χ3v) is 4.29. The number of nitrogens with one attached hydrogen (secondary N) is 3. The summed E-state index contributed by atoms with van der Waals surface area (Å²) in [7, 11) is 0. The molecule has 0 aliphatic carbocycles. The first-order valence-electron chi connectivity index (χ1n) is 8.50. The van der Waals surface area contributed by atoms with E-state index >= 15 is 0 Å². The van der Waals surface area contributed by atoms with E-state index in [0.29, 0.717) is 16.3 Å². The highest BCUT2D eigenvalue weighted by atomic mass is 35.5. The fourth-order valence-corrected chi connectivity index (χ4v) is 2.73. The Labute approximate surface area is 171 Å². The van der Waals surface area contributed by atoms with E-state index in [1.54, 1.807) is 12.1 Å². The average Bonchev–Trinajstić information content (AvgIpc) is 2.68. The molecule has 148 valence electrons. The molecule has 2 aromatic carbocycles. The lowest BCUT2D eigenvalue weighted by molar-refractivity contribution is -0.383. The van der Waals surface area contributed by atoms with Crippen molar-refractivity contribution < 1.29 is 9.72 Å². The van der Waals surface area contributed by atoms with Crippen LogP contribution in [-0.4, -0.2) is 20.8 Å². The van der Waals surface area contributed by atoms with Crippen LogP contribution in [0.3, 0.4) is 0 Å². The summed E-state index contributed by atoms with van der Waals surface area (Å²) < 4.78 is 0. The summed E-state index contributed by atoms with van der Waals surface area (Å²) in [6.45, 7) is 3.84. The van der Waals surface area contributed by atoms with E-state index < -0.39 is 16.5 Å². The van der Waals surface area contributed by atoms with Crippen molar-refractivity contribution in [2.45, 2.75) is 13.8 Å². The van der Waals surface area contributed by atoms with Crippen molar-refractivity contribution >= 4 is 40.5 Å². The van der Waals surface area contributed by atoms with Crippen molar-refractivity contribution in [2.24, 2.45) is 0 Å². The minimum Gasteiger partial charge on any atom is -0.334 e. The smallest absolute Gasteiger partial charge is 0.334 e. The Morgan fingerprint density at radius 3 is 2.41 bits per heavy atom. The molecule has 0 spiro atoms. The fourth-order valence-electron chi connectivity index (χ4n) is 2.61. The predicted molar refractivity (Wildman–Crippen MR) is 110 cm³/mol. The molecule has 0 aliphatic rings. The van der Waals surface area contributed by atoms with E-state index in [1.807, 2.05) is 32.0 Å². The lowest BCUT2D eigenvalue weighted by Crippen LogP contribution is -2.30. The van der Waals surface area contributed by atoms with E-state index in [4.69, 9.17) is 11.6 Å². The molecule has 0 atom stereocenters. The molecule has 1 aromatic heterocycles. The number of rotatable bonds is 6. The van der Waals surface area contributed by atoms with Crippen molar-refractivity contribution in [3.05, 3.63) is 80.6 Å². The first kappa shape index (κ1) is 20.0. The van der Waals surface area contributed by atoms with Crippen molar-refractivity contribution in [3.8, 4) is 0 Å². The molecular formula is C19H17ClN6O3. The minimum absolute atomic E-state index is 0.000181. The van der Waals surface area contributed by atoms with Gasteiger partial charge in [-0.3, -0.25) is 25.8 Å². The van der Waals surface area contributed by atoms with Crippen LogP contribution in [0.1, 0.15) is 21.5 Å². The standard InChI is InChI=1S/C19H17ClN6O3/c1-11-3-8-15(12(2)9-11)23-17-16(26(28)29)18(22-10-21-17)24-25-19(27)13-4-6-14(20)7-5-13/h3-10H,1-2H3,(H,25,27)(H2,21,22,23,24). The first-order valence-corrected chi connectivity index (χ1v) is 8.88. The van der Waals surface area contributed by atoms with Gasteiger partial charge in [0.25, 0.3) is 5.91 Å². The number of benzene rings is 2. The summed E-state index contributed by atoms with van der Waals surface area (Å²) in [5.41, 5.74) is 7.45. The molecule has 0 fully saturated rings. The molecule has 0 saturated carbocycles. The van der Waals surface area contributed by atoms with Crippen LogP contribution in [0.15, 0.2) is 48.8 Å². The first-order chi connectivity index (χ1) is 13.8. The van der Waals surface area contributed by atoms with Crippen LogP contribution < -0.4 is 16.2 Å². The number of amides is 1. The Hall–Kier alpha value is -3.72. The number of anilines is 3. The van der Waals surface area contributed by atoms with Crippen LogP contribution in [0.2, 0.25) is 5.02 Å². The fraction of sp³-hybridized carbons (Fsp3) is 0.105. The Kier molecular flexibility index (Phi) is 5.89. The number of nitrogens with zero attached hydrogens (tertiary/aromatic N) is 3. The number of carbonyl (C=O) groups excluding carboxylic acids is 1. The normalized spacial score (nSPS) is 10.3. The summed E-state index contributed by atoms with van der Waals surface area (Å²) in [5, 5.41) is 15.1. The van der Waals surface area contributed by atoms with Gasteiger partial charge in [-0.2, -0.15) is 0 Å². The number of hydrazine groups is 1. The summed E-state index contributed by atoms with van der Waals surface area (Å²) in [5.74, 6) is -0.654. The number of halogens is 1. The van der Waals surface area contributed by atoms with Crippen LogP contribution in [0.25, 0.3) is 0 Å². The number of aromatic nitrogens is 2. The monoisotopic (exact) mass is 412 g/mol. The molecule has 10 heteroatoms. The number of nitro groups is 1. The van der Waals surface area contributed by atoms with Crippen LogP contribution in [0, 0.1) is 24.0 Å². The van der Waals surface area contributed by atoms with Crippen LogP contribution in [0.5, 0.6) is 0 Å². The van der Waals surface area contributed by atoms with Gasteiger partial charge in [0.05, 0.1) is 4.92 Å². The third-order valence-electron chi connectivity index (χ3n) is 4.04. The summed E-state index contributed by atoms with van der Waals surface area (Å²) in [4.78, 5) is 31.1. The Balaban J connectivity index is 1.83. The maximum atomic E-state index is 12.2. The van der Waals surface area contributed by atoms with Crippen molar-refractivity contribution in [1.82, 2.24) is 15.4 Å². The number of carbonyl (C=O) groups is 1. The van der Waals surface area contributed by atoms with Gasteiger partial charge in [-0.05, 0) is 49.7 Å². The molecule has 0 aliphatic heterocycles. The van der Waals surface area contributed by atoms with Gasteiger partial charge < -0.3 is 5.32 Å². The Morgan fingerprint density at radius 2 is 1.76 bits per heavy atom. The maximum absolute atomic E-state index is 12.2. The van der Waals surface area contributed by atoms with Gasteiger partial charge in [-0.1, -0.05) is 29.3 Å². The molecule has 3 N–H and O–H groups in total. The van der Waals surface area contributed by atoms with Gasteiger partial charge in [0.2, 0.25) is 11.6 Å². The van der Waals surface area contributed by atoms with E-state index in [9.17, 15) is 14.9 Å². The largest absolute Gasteiger partial charge is 0.355 e. The van der Waals surface area contributed by atoms with Gasteiger partial charge in [0, 0.05) is 16.3 Å². The highest BCUT2D eigenvalue weighted by Crippen LogP contribution is 2.31. The molecule has 0 saturated heterocycles. The molecule has 9 nitrogen and oxygen atoms in total. The van der Waals surface area contributed by atoms with E-state index in [2.05, 4.69) is 26.1 Å². The minimum atomic E-state index is -0.622. The number of hydrogen-bond acceptors (Lipinski definition) is 7. The van der Waals surface area contributed by atoms with Gasteiger partial charge in [0.15, 0.2) is 0 Å². The lowest BCUT2D eigenvalue weighted by atomic mass is 10.1. The molecule has 1 amide bonds.